The molecule has 0 aromatic heterocycles. The summed E-state index contributed by atoms with van der Waals surface area (Å²) in [5.74, 6) is 0.927. The Labute approximate surface area is 165 Å². The number of nitrogens with one attached hydrogen (secondary N) is 1. The average Bonchev–Trinajstić information content (AvgIpc) is 2.95. The van der Waals surface area contributed by atoms with Crippen LogP contribution in [0.5, 0.6) is 0 Å². The summed E-state index contributed by atoms with van der Waals surface area (Å²) in [5, 5.41) is 3.62. The van der Waals surface area contributed by atoms with Crippen LogP contribution in [-0.2, 0) is 19.4 Å². The van der Waals surface area contributed by atoms with E-state index >= 15 is 0 Å². The number of piperidine rings is 1. The second-order valence-corrected chi connectivity index (χ2v) is 8.47. The molecule has 2 nitrogen and oxygen atoms in total. The molecule has 0 radical (unpaired) electrons. The van der Waals surface area contributed by atoms with E-state index in [-0.39, 0.29) is 0 Å². The summed E-state index contributed by atoms with van der Waals surface area (Å²) >= 11 is 0. The van der Waals surface area contributed by atoms with E-state index in [1.165, 1.54) is 86.8 Å². The third kappa shape index (κ3) is 5.35. The highest BCUT2D eigenvalue weighted by Gasteiger charge is 2.19. The van der Waals surface area contributed by atoms with Crippen LogP contribution in [0, 0.1) is 5.92 Å². The Morgan fingerprint density at radius 3 is 2.63 bits per heavy atom. The van der Waals surface area contributed by atoms with Gasteiger partial charge in [-0.15, -0.1) is 0 Å². The van der Waals surface area contributed by atoms with Crippen molar-refractivity contribution in [1.82, 2.24) is 4.90 Å². The molecule has 0 spiro atoms. The van der Waals surface area contributed by atoms with Gasteiger partial charge < -0.3 is 5.32 Å². The van der Waals surface area contributed by atoms with Crippen LogP contribution >= 0.6 is 0 Å². The zero-order valence-electron chi connectivity index (χ0n) is 16.6. The number of aryl methyl sites for hydroxylation is 2. The quantitative estimate of drug-likeness (QED) is 0.712. The van der Waals surface area contributed by atoms with Crippen molar-refractivity contribution in [3.63, 3.8) is 0 Å². The van der Waals surface area contributed by atoms with Crippen molar-refractivity contribution in [2.45, 2.75) is 57.9 Å². The zero-order chi connectivity index (χ0) is 18.3. The van der Waals surface area contributed by atoms with E-state index < -0.39 is 0 Å². The summed E-state index contributed by atoms with van der Waals surface area (Å²) in [4.78, 5) is 2.63. The molecule has 144 valence electrons. The largest absolute Gasteiger partial charge is 0.385 e. The molecule has 2 aliphatic heterocycles. The molecule has 2 aliphatic rings. The third-order valence-electron chi connectivity index (χ3n) is 6.40. The minimum Gasteiger partial charge on any atom is -0.385 e. The number of fused-ring (bicyclic) bond motifs is 1. The van der Waals surface area contributed by atoms with Crippen molar-refractivity contribution in [2.24, 2.45) is 5.92 Å². The fraction of sp³-hybridized carbons (Fsp3) is 0.520. The van der Waals surface area contributed by atoms with E-state index in [0.717, 1.165) is 19.0 Å². The van der Waals surface area contributed by atoms with Gasteiger partial charge in [0.25, 0.3) is 0 Å². The predicted molar refractivity (Wildman–Crippen MR) is 115 cm³/mol. The Morgan fingerprint density at radius 2 is 1.78 bits per heavy atom. The van der Waals surface area contributed by atoms with Crippen molar-refractivity contribution < 1.29 is 0 Å². The monoisotopic (exact) mass is 362 g/mol. The van der Waals surface area contributed by atoms with Crippen molar-refractivity contribution in [3.05, 3.63) is 65.2 Å². The molecule has 1 N–H and O–H groups in total. The third-order valence-corrected chi connectivity index (χ3v) is 6.40. The number of nitrogens with zero attached hydrogens (tertiary/aromatic N) is 1. The highest BCUT2D eigenvalue weighted by Crippen LogP contribution is 2.26. The number of rotatable bonds is 6. The molecule has 2 aromatic rings. The average molecular weight is 363 g/mol. The Kier molecular flexibility index (Phi) is 6.47. The van der Waals surface area contributed by atoms with E-state index in [0.29, 0.717) is 0 Å². The van der Waals surface area contributed by atoms with Crippen molar-refractivity contribution in [1.29, 1.82) is 0 Å². The fourth-order valence-electron chi connectivity index (χ4n) is 4.69. The fourth-order valence-corrected chi connectivity index (χ4v) is 4.69. The molecule has 1 fully saturated rings. The summed E-state index contributed by atoms with van der Waals surface area (Å²) in [7, 11) is 0. The van der Waals surface area contributed by atoms with Gasteiger partial charge in [-0.1, -0.05) is 48.9 Å². The van der Waals surface area contributed by atoms with Gasteiger partial charge in [-0.25, -0.2) is 0 Å². The number of hydrogen-bond acceptors (Lipinski definition) is 2. The lowest BCUT2D eigenvalue weighted by atomic mass is 9.90. The van der Waals surface area contributed by atoms with E-state index in [1.807, 2.05) is 0 Å². The van der Waals surface area contributed by atoms with Crippen LogP contribution in [0.4, 0.5) is 5.69 Å². The molecule has 0 aliphatic carbocycles. The van der Waals surface area contributed by atoms with Crippen LogP contribution in [0.1, 0.15) is 55.2 Å². The molecule has 2 heterocycles. The lowest BCUT2D eigenvalue weighted by Crippen LogP contribution is -2.33. The number of likely N-dealkylation sites (tertiary alicyclic amines) is 1. The van der Waals surface area contributed by atoms with Crippen LogP contribution in [0.3, 0.4) is 0 Å². The second-order valence-electron chi connectivity index (χ2n) is 8.47. The maximum absolute atomic E-state index is 3.62. The molecule has 4 rings (SSSR count). The summed E-state index contributed by atoms with van der Waals surface area (Å²) in [6.07, 6.45) is 10.6. The normalized spacial score (nSPS) is 18.5. The second kappa shape index (κ2) is 9.41. The molecule has 1 saturated heterocycles. The van der Waals surface area contributed by atoms with Crippen LogP contribution in [0.15, 0.2) is 48.5 Å². The number of hydrogen-bond donors (Lipinski definition) is 1. The van der Waals surface area contributed by atoms with Crippen molar-refractivity contribution in [2.75, 3.05) is 25.0 Å². The standard InChI is InChI=1S/C25H34N2/c1-2-7-23(8-3-1)20-27-17-14-21(15-18-27)9-6-10-22-12-13-24-11-4-5-16-26-25(24)19-22/h1-3,7-8,12-13,19,21,26H,4-6,9-11,14-18,20H2. The molecule has 0 saturated carbocycles. The lowest BCUT2D eigenvalue weighted by molar-refractivity contribution is 0.171. The van der Waals surface area contributed by atoms with E-state index in [1.54, 1.807) is 0 Å². The van der Waals surface area contributed by atoms with Crippen LogP contribution < -0.4 is 5.32 Å². The van der Waals surface area contributed by atoms with Crippen molar-refractivity contribution >= 4 is 5.69 Å². The summed E-state index contributed by atoms with van der Waals surface area (Å²) in [6, 6.07) is 18.1. The maximum Gasteiger partial charge on any atom is 0.0375 e. The minimum atomic E-state index is 0.927. The molecule has 0 atom stereocenters. The van der Waals surface area contributed by atoms with Crippen molar-refractivity contribution in [3.8, 4) is 0 Å². The highest BCUT2D eigenvalue weighted by molar-refractivity contribution is 5.54. The van der Waals surface area contributed by atoms with Gasteiger partial charge in [0.1, 0.15) is 0 Å². The van der Waals surface area contributed by atoms with E-state index in [9.17, 15) is 0 Å². The van der Waals surface area contributed by atoms with E-state index in [4.69, 9.17) is 0 Å². The Hall–Kier alpha value is -1.80. The van der Waals surface area contributed by atoms with E-state index in [2.05, 4.69) is 58.7 Å². The van der Waals surface area contributed by atoms with Gasteiger partial charge in [0.15, 0.2) is 0 Å². The number of anilines is 1. The molecule has 2 heteroatoms. The Bertz CT molecular complexity index is 702. The summed E-state index contributed by atoms with van der Waals surface area (Å²) < 4.78 is 0. The van der Waals surface area contributed by atoms with Gasteiger partial charge in [-0.2, -0.15) is 0 Å². The molecule has 0 unspecified atom stereocenters. The van der Waals surface area contributed by atoms with Gasteiger partial charge in [0.2, 0.25) is 0 Å². The Morgan fingerprint density at radius 1 is 0.926 bits per heavy atom. The molecule has 0 bridgehead atoms. The molecular formula is C25H34N2. The molecule has 0 amide bonds. The van der Waals surface area contributed by atoms with Crippen LogP contribution in [-0.4, -0.2) is 24.5 Å². The Balaban J connectivity index is 1.19. The van der Waals surface area contributed by atoms with Gasteiger partial charge in [-0.05, 0) is 86.7 Å². The maximum atomic E-state index is 3.62. The summed E-state index contributed by atoms with van der Waals surface area (Å²) in [6.45, 7) is 4.79. The predicted octanol–water partition coefficient (Wildman–Crippen LogP) is 5.67. The first-order valence-electron chi connectivity index (χ1n) is 11.0. The van der Waals surface area contributed by atoms with Crippen LogP contribution in [0.25, 0.3) is 0 Å². The smallest absolute Gasteiger partial charge is 0.0375 e. The first kappa shape index (κ1) is 18.6. The van der Waals surface area contributed by atoms with Crippen LogP contribution in [0.2, 0.25) is 0 Å². The van der Waals surface area contributed by atoms with Gasteiger partial charge in [0, 0.05) is 18.8 Å². The minimum absolute atomic E-state index is 0.927. The first-order valence-corrected chi connectivity index (χ1v) is 11.0. The van der Waals surface area contributed by atoms with Gasteiger partial charge in [0.05, 0.1) is 0 Å². The lowest BCUT2D eigenvalue weighted by Gasteiger charge is -2.32. The molecule has 2 aromatic carbocycles. The molecule has 27 heavy (non-hydrogen) atoms. The van der Waals surface area contributed by atoms with Gasteiger partial charge >= 0.3 is 0 Å². The summed E-state index contributed by atoms with van der Waals surface area (Å²) in [5.41, 5.74) is 5.89. The SMILES string of the molecule is c1ccc(CN2CCC(CCCc3ccc4c(c3)NCCCC4)CC2)cc1. The number of benzene rings is 2. The molecular weight excluding hydrogens is 328 g/mol. The first-order chi connectivity index (χ1) is 13.4. The zero-order valence-corrected chi connectivity index (χ0v) is 16.6. The van der Waals surface area contributed by atoms with Gasteiger partial charge in [-0.3, -0.25) is 4.90 Å². The topological polar surface area (TPSA) is 15.3 Å². The highest BCUT2D eigenvalue weighted by atomic mass is 15.1.